The lowest BCUT2D eigenvalue weighted by atomic mass is 10.0. The molecule has 5 heteroatoms. The molecule has 1 heterocycles. The number of nitrogens with zero attached hydrogens (tertiary/aromatic N) is 1. The maximum atomic E-state index is 12.7. The molecule has 2 aromatic carbocycles. The molecule has 0 aliphatic carbocycles. The van der Waals surface area contributed by atoms with Gasteiger partial charge in [-0.15, -0.1) is 0 Å². The maximum absolute atomic E-state index is 12.7. The van der Waals surface area contributed by atoms with E-state index >= 15 is 0 Å². The van der Waals surface area contributed by atoms with Crippen molar-refractivity contribution in [3.63, 3.8) is 0 Å². The minimum Gasteiger partial charge on any atom is -0.452 e. The van der Waals surface area contributed by atoms with Gasteiger partial charge < -0.3 is 10.1 Å². The van der Waals surface area contributed by atoms with E-state index in [0.717, 1.165) is 12.0 Å². The van der Waals surface area contributed by atoms with Gasteiger partial charge in [-0.1, -0.05) is 62.4 Å². The van der Waals surface area contributed by atoms with Crippen LogP contribution in [0.3, 0.4) is 0 Å². The van der Waals surface area contributed by atoms with E-state index < -0.39 is 5.97 Å². The molecule has 3 aromatic rings. The van der Waals surface area contributed by atoms with Gasteiger partial charge in [-0.3, -0.25) is 4.79 Å². The molecular formula is C23H24N2O3. The van der Waals surface area contributed by atoms with Crippen molar-refractivity contribution in [1.82, 2.24) is 10.3 Å². The van der Waals surface area contributed by atoms with Gasteiger partial charge in [-0.05, 0) is 24.5 Å². The fraction of sp³-hybridized carbons (Fsp3) is 0.261. The van der Waals surface area contributed by atoms with E-state index in [4.69, 9.17) is 4.74 Å². The number of esters is 1. The van der Waals surface area contributed by atoms with Crippen LogP contribution in [0.5, 0.6) is 0 Å². The molecule has 0 unspecified atom stereocenters. The highest BCUT2D eigenvalue weighted by Crippen LogP contribution is 2.25. The molecule has 0 saturated heterocycles. The zero-order valence-corrected chi connectivity index (χ0v) is 16.1. The standard InChI is InChI=1S/C23H24N2O3/c1-16(2)12-13-24-22(26)15-28-23(27)19-14-21(17-8-4-3-5-9-17)25-20-11-7-6-10-18(19)20/h3-11,14,16H,12-13,15H2,1-2H3,(H,24,26). The second-order valence-corrected chi connectivity index (χ2v) is 7.05. The van der Waals surface area contributed by atoms with Crippen molar-refractivity contribution in [3.8, 4) is 11.3 Å². The van der Waals surface area contributed by atoms with Gasteiger partial charge in [0.05, 0.1) is 16.8 Å². The predicted molar refractivity (Wildman–Crippen MR) is 110 cm³/mol. The first-order chi connectivity index (χ1) is 13.5. The molecule has 144 valence electrons. The Morgan fingerprint density at radius 1 is 1.04 bits per heavy atom. The van der Waals surface area contributed by atoms with Gasteiger partial charge in [0.1, 0.15) is 0 Å². The Bertz CT molecular complexity index is 968. The second-order valence-electron chi connectivity index (χ2n) is 7.05. The van der Waals surface area contributed by atoms with Crippen molar-refractivity contribution < 1.29 is 14.3 Å². The van der Waals surface area contributed by atoms with Crippen LogP contribution in [0.1, 0.15) is 30.6 Å². The van der Waals surface area contributed by atoms with Crippen LogP contribution < -0.4 is 5.32 Å². The van der Waals surface area contributed by atoms with Crippen LogP contribution in [-0.4, -0.2) is 30.0 Å². The third kappa shape index (κ3) is 4.94. The molecule has 0 aliphatic heterocycles. The Labute approximate surface area is 164 Å². The summed E-state index contributed by atoms with van der Waals surface area (Å²) in [7, 11) is 0. The second kappa shape index (κ2) is 9.13. The molecule has 0 atom stereocenters. The van der Waals surface area contributed by atoms with E-state index in [1.807, 2.05) is 54.6 Å². The summed E-state index contributed by atoms with van der Waals surface area (Å²) < 4.78 is 5.27. The molecular weight excluding hydrogens is 352 g/mol. The Morgan fingerprint density at radius 2 is 1.75 bits per heavy atom. The summed E-state index contributed by atoms with van der Waals surface area (Å²) in [6, 6.07) is 18.8. The van der Waals surface area contributed by atoms with Crippen molar-refractivity contribution in [3.05, 3.63) is 66.2 Å². The van der Waals surface area contributed by atoms with Gasteiger partial charge in [0.15, 0.2) is 6.61 Å². The summed E-state index contributed by atoms with van der Waals surface area (Å²) >= 11 is 0. The van der Waals surface area contributed by atoms with Gasteiger partial charge in [-0.25, -0.2) is 9.78 Å². The minimum atomic E-state index is -0.533. The molecule has 1 amide bonds. The molecule has 0 spiro atoms. The monoisotopic (exact) mass is 376 g/mol. The van der Waals surface area contributed by atoms with Gasteiger partial charge in [0, 0.05) is 17.5 Å². The average molecular weight is 376 g/mol. The molecule has 1 N–H and O–H groups in total. The van der Waals surface area contributed by atoms with Crippen LogP contribution in [0.15, 0.2) is 60.7 Å². The highest BCUT2D eigenvalue weighted by atomic mass is 16.5. The smallest absolute Gasteiger partial charge is 0.339 e. The lowest BCUT2D eigenvalue weighted by Gasteiger charge is -2.11. The number of para-hydroxylation sites is 1. The van der Waals surface area contributed by atoms with Crippen molar-refractivity contribution in [2.75, 3.05) is 13.2 Å². The number of fused-ring (bicyclic) bond motifs is 1. The number of hydrogen-bond acceptors (Lipinski definition) is 4. The molecule has 0 bridgehead atoms. The average Bonchev–Trinajstić information content (AvgIpc) is 2.71. The van der Waals surface area contributed by atoms with E-state index in [2.05, 4.69) is 24.1 Å². The van der Waals surface area contributed by atoms with Crippen molar-refractivity contribution in [2.24, 2.45) is 5.92 Å². The molecule has 0 saturated carbocycles. The summed E-state index contributed by atoms with van der Waals surface area (Å²) in [5.74, 6) is -0.326. The van der Waals surface area contributed by atoms with Crippen molar-refractivity contribution in [1.29, 1.82) is 0 Å². The van der Waals surface area contributed by atoms with Gasteiger partial charge in [0.2, 0.25) is 0 Å². The van der Waals surface area contributed by atoms with Gasteiger partial charge >= 0.3 is 5.97 Å². The number of hydrogen-bond donors (Lipinski definition) is 1. The van der Waals surface area contributed by atoms with E-state index in [1.165, 1.54) is 0 Å². The van der Waals surface area contributed by atoms with Crippen LogP contribution in [0, 0.1) is 5.92 Å². The molecule has 5 nitrogen and oxygen atoms in total. The third-order valence-electron chi connectivity index (χ3n) is 4.38. The van der Waals surface area contributed by atoms with E-state index in [-0.39, 0.29) is 12.5 Å². The summed E-state index contributed by atoms with van der Waals surface area (Å²) in [4.78, 5) is 29.3. The molecule has 0 radical (unpaired) electrons. The molecule has 0 fully saturated rings. The Morgan fingerprint density at radius 3 is 2.50 bits per heavy atom. The van der Waals surface area contributed by atoms with Crippen LogP contribution in [-0.2, 0) is 9.53 Å². The Kier molecular flexibility index (Phi) is 6.37. The quantitative estimate of drug-likeness (QED) is 0.627. The van der Waals surface area contributed by atoms with Gasteiger partial charge in [0.25, 0.3) is 5.91 Å². The molecule has 0 aliphatic rings. The highest BCUT2D eigenvalue weighted by molar-refractivity contribution is 6.05. The Hall–Kier alpha value is -3.21. The number of carbonyl (C=O) groups is 2. The largest absolute Gasteiger partial charge is 0.452 e. The summed E-state index contributed by atoms with van der Waals surface area (Å²) in [5, 5.41) is 3.47. The first kappa shape index (κ1) is 19.5. The molecule has 1 aromatic heterocycles. The maximum Gasteiger partial charge on any atom is 0.339 e. The fourth-order valence-electron chi connectivity index (χ4n) is 2.86. The highest BCUT2D eigenvalue weighted by Gasteiger charge is 2.16. The Balaban J connectivity index is 1.79. The zero-order valence-electron chi connectivity index (χ0n) is 16.1. The lowest BCUT2D eigenvalue weighted by Crippen LogP contribution is -2.30. The summed E-state index contributed by atoms with van der Waals surface area (Å²) in [5.41, 5.74) is 2.71. The normalized spacial score (nSPS) is 10.8. The van der Waals surface area contributed by atoms with E-state index in [9.17, 15) is 9.59 Å². The SMILES string of the molecule is CC(C)CCNC(=O)COC(=O)c1cc(-c2ccccc2)nc2ccccc12. The van der Waals surface area contributed by atoms with E-state index in [0.29, 0.717) is 34.6 Å². The number of benzene rings is 2. The molecule has 3 rings (SSSR count). The number of pyridine rings is 1. The number of nitrogens with one attached hydrogen (secondary N) is 1. The lowest BCUT2D eigenvalue weighted by molar-refractivity contribution is -0.124. The summed E-state index contributed by atoms with van der Waals surface area (Å²) in [6.07, 6.45) is 0.884. The number of ether oxygens (including phenoxy) is 1. The third-order valence-corrected chi connectivity index (χ3v) is 4.38. The fourth-order valence-corrected chi connectivity index (χ4v) is 2.86. The first-order valence-corrected chi connectivity index (χ1v) is 9.43. The number of carbonyl (C=O) groups excluding carboxylic acids is 2. The topological polar surface area (TPSA) is 68.3 Å². The molecule has 28 heavy (non-hydrogen) atoms. The predicted octanol–water partition coefficient (Wildman–Crippen LogP) is 4.22. The summed E-state index contributed by atoms with van der Waals surface area (Å²) in [6.45, 7) is 4.45. The minimum absolute atomic E-state index is 0.296. The van der Waals surface area contributed by atoms with Crippen molar-refractivity contribution >= 4 is 22.8 Å². The number of amides is 1. The number of aromatic nitrogens is 1. The first-order valence-electron chi connectivity index (χ1n) is 9.43. The van der Waals surface area contributed by atoms with Crippen LogP contribution in [0.25, 0.3) is 22.2 Å². The van der Waals surface area contributed by atoms with Crippen molar-refractivity contribution in [2.45, 2.75) is 20.3 Å². The zero-order chi connectivity index (χ0) is 19.9. The van der Waals surface area contributed by atoms with E-state index in [1.54, 1.807) is 6.07 Å². The van der Waals surface area contributed by atoms with Crippen LogP contribution in [0.4, 0.5) is 0 Å². The van der Waals surface area contributed by atoms with Gasteiger partial charge in [-0.2, -0.15) is 0 Å². The number of rotatable bonds is 7. The van der Waals surface area contributed by atoms with Crippen LogP contribution >= 0.6 is 0 Å². The van der Waals surface area contributed by atoms with Crippen LogP contribution in [0.2, 0.25) is 0 Å².